The summed E-state index contributed by atoms with van der Waals surface area (Å²) >= 11 is 0. The van der Waals surface area contributed by atoms with Crippen molar-refractivity contribution in [2.75, 3.05) is 6.61 Å². The molecule has 1 aromatic carbocycles. The largest absolute Gasteiger partial charge is 0.394 e. The Labute approximate surface area is 126 Å². The molecule has 0 spiro atoms. The molecule has 0 bridgehead atoms. The van der Waals surface area contributed by atoms with Gasteiger partial charge in [-0.15, -0.1) is 0 Å². The topological polar surface area (TPSA) is 45.1 Å². The molecule has 110 valence electrons. The minimum atomic E-state index is -0.0652. The number of hydrogen-bond acceptors (Lipinski definition) is 3. The number of aromatic nitrogens is 1. The molecule has 1 aliphatic carbocycles. The van der Waals surface area contributed by atoms with Crippen molar-refractivity contribution in [2.45, 2.75) is 37.8 Å². The molecule has 2 aromatic rings. The van der Waals surface area contributed by atoms with Crippen LogP contribution in [0.15, 0.2) is 48.8 Å². The molecular formula is C18H22N2O. The number of rotatable bonds is 5. The molecule has 2 N–H and O–H groups in total. The van der Waals surface area contributed by atoms with E-state index < -0.39 is 0 Å². The zero-order valence-electron chi connectivity index (χ0n) is 12.3. The lowest BCUT2D eigenvalue weighted by Gasteiger charge is -2.28. The van der Waals surface area contributed by atoms with Crippen molar-refractivity contribution in [1.29, 1.82) is 0 Å². The van der Waals surface area contributed by atoms with Crippen molar-refractivity contribution in [2.24, 2.45) is 0 Å². The van der Waals surface area contributed by atoms with E-state index >= 15 is 0 Å². The van der Waals surface area contributed by atoms with E-state index in [4.69, 9.17) is 0 Å². The van der Waals surface area contributed by atoms with Crippen LogP contribution in [0.2, 0.25) is 0 Å². The molecule has 21 heavy (non-hydrogen) atoms. The predicted octanol–water partition coefficient (Wildman–Crippen LogP) is 3.14. The van der Waals surface area contributed by atoms with Gasteiger partial charge in [-0.2, -0.15) is 0 Å². The van der Waals surface area contributed by atoms with Gasteiger partial charge in [0.15, 0.2) is 0 Å². The molecule has 0 unspecified atom stereocenters. The van der Waals surface area contributed by atoms with Gasteiger partial charge in [0.1, 0.15) is 0 Å². The van der Waals surface area contributed by atoms with Gasteiger partial charge in [0, 0.05) is 24.5 Å². The van der Waals surface area contributed by atoms with Crippen LogP contribution in [0.25, 0.3) is 11.1 Å². The van der Waals surface area contributed by atoms with Crippen molar-refractivity contribution < 1.29 is 5.11 Å². The molecule has 0 radical (unpaired) electrons. The van der Waals surface area contributed by atoms with E-state index in [1.165, 1.54) is 24.0 Å². The van der Waals surface area contributed by atoms with Gasteiger partial charge in [-0.05, 0) is 41.7 Å². The molecular weight excluding hydrogens is 260 g/mol. The first-order valence-electron chi connectivity index (χ1n) is 7.67. The Balaban J connectivity index is 1.72. The highest BCUT2D eigenvalue weighted by Crippen LogP contribution is 2.29. The monoisotopic (exact) mass is 282 g/mol. The van der Waals surface area contributed by atoms with Crippen LogP contribution in [0.1, 0.15) is 31.2 Å². The first kappa shape index (κ1) is 14.2. The van der Waals surface area contributed by atoms with Crippen molar-refractivity contribution in [3.63, 3.8) is 0 Å². The fraction of sp³-hybridized carbons (Fsp3) is 0.389. The predicted molar refractivity (Wildman–Crippen MR) is 84.8 cm³/mol. The van der Waals surface area contributed by atoms with Gasteiger partial charge in [0.2, 0.25) is 0 Å². The quantitative estimate of drug-likeness (QED) is 0.885. The number of hydrogen-bond donors (Lipinski definition) is 2. The van der Waals surface area contributed by atoms with Crippen LogP contribution in [0.3, 0.4) is 0 Å². The maximum absolute atomic E-state index is 9.66. The van der Waals surface area contributed by atoms with E-state index in [9.17, 15) is 5.11 Å². The molecule has 1 aromatic heterocycles. The second-order valence-electron chi connectivity index (χ2n) is 5.94. The molecule has 0 aliphatic heterocycles. The van der Waals surface area contributed by atoms with Gasteiger partial charge in [0.05, 0.1) is 6.61 Å². The Bertz CT molecular complexity index is 577. The minimum absolute atomic E-state index is 0.0652. The van der Waals surface area contributed by atoms with Gasteiger partial charge in [-0.1, -0.05) is 37.1 Å². The van der Waals surface area contributed by atoms with Crippen LogP contribution in [-0.2, 0) is 6.54 Å². The molecule has 0 atom stereocenters. The van der Waals surface area contributed by atoms with E-state index in [0.29, 0.717) is 0 Å². The Kier molecular flexibility index (Phi) is 4.32. The van der Waals surface area contributed by atoms with Crippen LogP contribution >= 0.6 is 0 Å². The fourth-order valence-electron chi connectivity index (χ4n) is 3.13. The molecule has 0 amide bonds. The summed E-state index contributed by atoms with van der Waals surface area (Å²) in [6, 6.07) is 12.6. The van der Waals surface area contributed by atoms with E-state index in [0.717, 1.165) is 24.9 Å². The third-order valence-corrected chi connectivity index (χ3v) is 4.45. The van der Waals surface area contributed by atoms with Gasteiger partial charge >= 0.3 is 0 Å². The van der Waals surface area contributed by atoms with Gasteiger partial charge < -0.3 is 10.4 Å². The van der Waals surface area contributed by atoms with Crippen LogP contribution < -0.4 is 5.32 Å². The second kappa shape index (κ2) is 6.37. The Morgan fingerprint density at radius 2 is 1.90 bits per heavy atom. The van der Waals surface area contributed by atoms with E-state index in [-0.39, 0.29) is 12.1 Å². The smallest absolute Gasteiger partial charge is 0.0613 e. The van der Waals surface area contributed by atoms with E-state index in [1.54, 1.807) is 6.20 Å². The Hall–Kier alpha value is -1.71. The average molecular weight is 282 g/mol. The Morgan fingerprint density at radius 3 is 2.62 bits per heavy atom. The van der Waals surface area contributed by atoms with Crippen molar-refractivity contribution in [3.05, 3.63) is 54.4 Å². The SMILES string of the molecule is OCC1(NCc2cccc(-c3cccnc3)c2)CCCC1. The lowest BCUT2D eigenvalue weighted by Crippen LogP contribution is -2.45. The highest BCUT2D eigenvalue weighted by molar-refractivity contribution is 5.62. The third kappa shape index (κ3) is 3.31. The summed E-state index contributed by atoms with van der Waals surface area (Å²) in [7, 11) is 0. The number of benzene rings is 1. The molecule has 3 heteroatoms. The van der Waals surface area contributed by atoms with Crippen molar-refractivity contribution >= 4 is 0 Å². The van der Waals surface area contributed by atoms with Crippen LogP contribution in [0, 0.1) is 0 Å². The van der Waals surface area contributed by atoms with Gasteiger partial charge in [0.25, 0.3) is 0 Å². The van der Waals surface area contributed by atoms with Crippen LogP contribution in [-0.4, -0.2) is 22.2 Å². The fourth-order valence-corrected chi connectivity index (χ4v) is 3.13. The summed E-state index contributed by atoms with van der Waals surface area (Å²) in [5.74, 6) is 0. The summed E-state index contributed by atoms with van der Waals surface area (Å²) in [6.45, 7) is 1.03. The van der Waals surface area contributed by atoms with Gasteiger partial charge in [-0.3, -0.25) is 4.98 Å². The molecule has 1 fully saturated rings. The summed E-state index contributed by atoms with van der Waals surface area (Å²) in [5.41, 5.74) is 3.50. The summed E-state index contributed by atoms with van der Waals surface area (Å²) < 4.78 is 0. The maximum Gasteiger partial charge on any atom is 0.0613 e. The van der Waals surface area contributed by atoms with E-state index in [1.807, 2.05) is 12.3 Å². The highest BCUT2D eigenvalue weighted by Gasteiger charge is 2.32. The second-order valence-corrected chi connectivity index (χ2v) is 5.94. The number of aliphatic hydroxyl groups excluding tert-OH is 1. The van der Waals surface area contributed by atoms with Crippen molar-refractivity contribution in [1.82, 2.24) is 10.3 Å². The molecule has 0 saturated heterocycles. The number of aliphatic hydroxyl groups is 1. The summed E-state index contributed by atoms with van der Waals surface area (Å²) in [4.78, 5) is 4.18. The first-order valence-corrected chi connectivity index (χ1v) is 7.67. The molecule has 1 aliphatic rings. The zero-order chi connectivity index (χ0) is 14.5. The van der Waals surface area contributed by atoms with Crippen molar-refractivity contribution in [3.8, 4) is 11.1 Å². The van der Waals surface area contributed by atoms with Gasteiger partial charge in [-0.25, -0.2) is 0 Å². The molecule has 3 nitrogen and oxygen atoms in total. The average Bonchev–Trinajstić information content (AvgIpc) is 3.04. The van der Waals surface area contributed by atoms with Crippen LogP contribution in [0.4, 0.5) is 0 Å². The normalized spacial score (nSPS) is 17.0. The maximum atomic E-state index is 9.66. The highest BCUT2D eigenvalue weighted by atomic mass is 16.3. The molecule has 1 saturated carbocycles. The molecule has 1 heterocycles. The summed E-state index contributed by atoms with van der Waals surface area (Å²) in [6.07, 6.45) is 8.25. The lowest BCUT2D eigenvalue weighted by molar-refractivity contribution is 0.163. The Morgan fingerprint density at radius 1 is 1.10 bits per heavy atom. The first-order chi connectivity index (χ1) is 10.3. The van der Waals surface area contributed by atoms with Crippen LogP contribution in [0.5, 0.6) is 0 Å². The number of nitrogens with zero attached hydrogens (tertiary/aromatic N) is 1. The minimum Gasteiger partial charge on any atom is -0.394 e. The standard InChI is InChI=1S/C18H22N2O/c21-14-18(8-1-2-9-18)20-12-15-5-3-6-16(11-15)17-7-4-10-19-13-17/h3-7,10-11,13,20-21H,1-2,8-9,12,14H2. The number of pyridine rings is 1. The third-order valence-electron chi connectivity index (χ3n) is 4.45. The lowest BCUT2D eigenvalue weighted by atomic mass is 9.98. The number of nitrogens with one attached hydrogen (secondary N) is 1. The van der Waals surface area contributed by atoms with E-state index in [2.05, 4.69) is 40.6 Å². The zero-order valence-corrected chi connectivity index (χ0v) is 12.3. The molecule has 3 rings (SSSR count). The summed E-state index contributed by atoms with van der Waals surface area (Å²) in [5, 5.41) is 13.2.